The summed E-state index contributed by atoms with van der Waals surface area (Å²) in [5.41, 5.74) is 2.06. The maximum Gasteiger partial charge on any atom is 0.273 e. The molecule has 0 aliphatic rings. The fourth-order valence-corrected chi connectivity index (χ4v) is 1.89. The Labute approximate surface area is 138 Å². The molecule has 0 aliphatic carbocycles. The summed E-state index contributed by atoms with van der Waals surface area (Å²) in [5.74, 6) is -11.3. The molecule has 1 amide bonds. The highest BCUT2D eigenvalue weighted by Gasteiger charge is 2.26. The van der Waals surface area contributed by atoms with Gasteiger partial charge in [0.15, 0.2) is 23.3 Å². The molecule has 0 spiro atoms. The van der Waals surface area contributed by atoms with Crippen LogP contribution in [0.3, 0.4) is 0 Å². The third-order valence-electron chi connectivity index (χ3n) is 3.16. The van der Waals surface area contributed by atoms with Crippen molar-refractivity contribution in [2.24, 2.45) is 0 Å². The minimum Gasteiger partial charge on any atom is -0.497 e. The van der Waals surface area contributed by atoms with Crippen LogP contribution in [0.25, 0.3) is 0 Å². The monoisotopic (exact) mass is 362 g/mol. The zero-order chi connectivity index (χ0) is 18.7. The second-order valence-corrected chi connectivity index (χ2v) is 4.59. The molecule has 2 N–H and O–H groups in total. The number of carbonyl (C=O) groups is 1. The minimum atomic E-state index is -2.30. The molecule has 0 unspecified atom stereocenters. The highest BCUT2D eigenvalue weighted by molar-refractivity contribution is 5.97. The molecule has 0 aliphatic heterocycles. The van der Waals surface area contributed by atoms with E-state index in [1.165, 1.54) is 32.4 Å². The quantitative estimate of drug-likeness (QED) is 0.371. The van der Waals surface area contributed by atoms with Gasteiger partial charge in [-0.25, -0.2) is 22.0 Å². The number of methoxy groups -OCH3 is 2. The number of rotatable bonds is 5. The zero-order valence-corrected chi connectivity index (χ0v) is 12.8. The van der Waals surface area contributed by atoms with Gasteiger partial charge in [0.25, 0.3) is 5.91 Å². The average molecular weight is 362 g/mol. The first-order chi connectivity index (χ1) is 11.8. The van der Waals surface area contributed by atoms with Crippen LogP contribution in [-0.2, 0) is 0 Å². The summed E-state index contributed by atoms with van der Waals surface area (Å²) in [6.07, 6.45) is 0. The Morgan fingerprint density at radius 3 is 1.96 bits per heavy atom. The lowest BCUT2D eigenvalue weighted by molar-refractivity contribution is 0.0959. The molecular weight excluding hydrogens is 351 g/mol. The summed E-state index contributed by atoms with van der Waals surface area (Å²) >= 11 is 0. The molecule has 0 saturated heterocycles. The molecule has 25 heavy (non-hydrogen) atoms. The van der Waals surface area contributed by atoms with E-state index in [9.17, 15) is 26.7 Å². The van der Waals surface area contributed by atoms with Gasteiger partial charge < -0.3 is 9.47 Å². The summed E-state index contributed by atoms with van der Waals surface area (Å²) in [7, 11) is 2.66. The van der Waals surface area contributed by atoms with Crippen LogP contribution >= 0.6 is 0 Å². The van der Waals surface area contributed by atoms with E-state index in [1.54, 1.807) is 5.43 Å². The van der Waals surface area contributed by atoms with Crippen molar-refractivity contribution in [3.8, 4) is 11.5 Å². The van der Waals surface area contributed by atoms with E-state index in [0.29, 0.717) is 5.75 Å². The molecule has 2 aromatic carbocycles. The molecule has 134 valence electrons. The van der Waals surface area contributed by atoms with Gasteiger partial charge in [-0.15, -0.1) is 0 Å². The lowest BCUT2D eigenvalue weighted by Gasteiger charge is -2.13. The number of anilines is 1. The van der Waals surface area contributed by atoms with Gasteiger partial charge >= 0.3 is 0 Å². The van der Waals surface area contributed by atoms with Gasteiger partial charge in [0.1, 0.15) is 17.2 Å². The van der Waals surface area contributed by atoms with E-state index in [1.807, 2.05) is 5.43 Å². The number of hydrazine groups is 1. The van der Waals surface area contributed by atoms with E-state index in [2.05, 4.69) is 0 Å². The summed E-state index contributed by atoms with van der Waals surface area (Å²) in [6.45, 7) is 0. The lowest BCUT2D eigenvalue weighted by Crippen LogP contribution is -2.31. The maximum atomic E-state index is 13.5. The third-order valence-corrected chi connectivity index (χ3v) is 3.16. The number of hydrogen-bond acceptors (Lipinski definition) is 4. The topological polar surface area (TPSA) is 59.6 Å². The van der Waals surface area contributed by atoms with Crippen LogP contribution < -0.4 is 20.3 Å². The van der Waals surface area contributed by atoms with Gasteiger partial charge in [-0.1, -0.05) is 0 Å². The first kappa shape index (κ1) is 18.3. The van der Waals surface area contributed by atoms with Crippen LogP contribution in [0.5, 0.6) is 11.5 Å². The van der Waals surface area contributed by atoms with Crippen LogP contribution in [0.1, 0.15) is 10.4 Å². The SMILES string of the molecule is COc1ccc(C(=O)NNc2c(F)c(F)c(F)c(F)c2F)c(OC)c1. The molecule has 5 nitrogen and oxygen atoms in total. The van der Waals surface area contributed by atoms with Crippen molar-refractivity contribution in [2.75, 3.05) is 19.6 Å². The first-order valence-corrected chi connectivity index (χ1v) is 6.61. The van der Waals surface area contributed by atoms with E-state index >= 15 is 0 Å². The number of amides is 1. The predicted molar refractivity (Wildman–Crippen MR) is 76.9 cm³/mol. The highest BCUT2D eigenvalue weighted by Crippen LogP contribution is 2.27. The number of carbonyl (C=O) groups excluding carboxylic acids is 1. The van der Waals surface area contributed by atoms with E-state index in [4.69, 9.17) is 9.47 Å². The normalized spacial score (nSPS) is 10.4. The zero-order valence-electron chi connectivity index (χ0n) is 12.8. The average Bonchev–Trinajstić information content (AvgIpc) is 2.63. The Morgan fingerprint density at radius 2 is 1.44 bits per heavy atom. The predicted octanol–water partition coefficient (Wildman–Crippen LogP) is 3.16. The fourth-order valence-electron chi connectivity index (χ4n) is 1.89. The summed E-state index contributed by atoms with van der Waals surface area (Å²) in [4.78, 5) is 12.1. The molecule has 0 fully saturated rings. The Kier molecular flexibility index (Phi) is 5.30. The molecule has 0 aromatic heterocycles. The molecule has 2 rings (SSSR count). The molecule has 0 atom stereocenters. The van der Waals surface area contributed by atoms with E-state index in [0.717, 1.165) is 0 Å². The maximum absolute atomic E-state index is 13.5. The van der Waals surface area contributed by atoms with E-state index in [-0.39, 0.29) is 11.3 Å². The van der Waals surface area contributed by atoms with Gasteiger partial charge in [-0.3, -0.25) is 15.6 Å². The van der Waals surface area contributed by atoms with Crippen LogP contribution in [0.2, 0.25) is 0 Å². The van der Waals surface area contributed by atoms with Crippen molar-refractivity contribution in [3.63, 3.8) is 0 Å². The summed E-state index contributed by atoms with van der Waals surface area (Å²) in [6, 6.07) is 4.07. The Morgan fingerprint density at radius 1 is 0.880 bits per heavy atom. The van der Waals surface area contributed by atoms with Crippen molar-refractivity contribution in [1.82, 2.24) is 5.43 Å². The van der Waals surface area contributed by atoms with Gasteiger partial charge in [0.2, 0.25) is 5.82 Å². The second kappa shape index (κ2) is 7.24. The first-order valence-electron chi connectivity index (χ1n) is 6.61. The van der Waals surface area contributed by atoms with Crippen LogP contribution in [0.4, 0.5) is 27.6 Å². The summed E-state index contributed by atoms with van der Waals surface area (Å²) in [5, 5.41) is 0. The Balaban J connectivity index is 2.27. The van der Waals surface area contributed by atoms with Crippen molar-refractivity contribution in [3.05, 3.63) is 52.8 Å². The van der Waals surface area contributed by atoms with Crippen LogP contribution in [0.15, 0.2) is 18.2 Å². The van der Waals surface area contributed by atoms with Crippen molar-refractivity contribution in [1.29, 1.82) is 0 Å². The third kappa shape index (κ3) is 3.42. The highest BCUT2D eigenvalue weighted by atomic mass is 19.2. The molecule has 0 radical (unpaired) electrons. The fraction of sp³-hybridized carbons (Fsp3) is 0.133. The van der Waals surface area contributed by atoms with Crippen molar-refractivity contribution >= 4 is 11.6 Å². The number of halogens is 5. The molecule has 0 heterocycles. The number of hydrogen-bond donors (Lipinski definition) is 2. The summed E-state index contributed by atoms with van der Waals surface area (Å²) < 4.78 is 76.1. The largest absolute Gasteiger partial charge is 0.497 e. The molecule has 0 bridgehead atoms. The van der Waals surface area contributed by atoms with Crippen molar-refractivity contribution < 1.29 is 36.2 Å². The standard InChI is InChI=1S/C15H11F5N2O3/c1-24-6-3-4-7(8(5-6)25-2)15(23)22-21-14-12(19)10(17)9(16)11(18)13(14)20/h3-5,21H,1-2H3,(H,22,23). The van der Waals surface area contributed by atoms with Gasteiger partial charge in [0.05, 0.1) is 19.8 Å². The molecule has 2 aromatic rings. The minimum absolute atomic E-state index is 0.0658. The van der Waals surface area contributed by atoms with Gasteiger partial charge in [-0.2, -0.15) is 0 Å². The smallest absolute Gasteiger partial charge is 0.273 e. The number of ether oxygens (including phenoxy) is 2. The molecular formula is C15H11F5N2O3. The van der Waals surface area contributed by atoms with Gasteiger partial charge in [0, 0.05) is 6.07 Å². The molecule has 10 heteroatoms. The van der Waals surface area contributed by atoms with Crippen LogP contribution in [-0.4, -0.2) is 20.1 Å². The lowest BCUT2D eigenvalue weighted by atomic mass is 10.2. The number of benzene rings is 2. The van der Waals surface area contributed by atoms with E-state index < -0.39 is 40.7 Å². The molecule has 0 saturated carbocycles. The number of nitrogens with one attached hydrogen (secondary N) is 2. The van der Waals surface area contributed by atoms with Gasteiger partial charge in [-0.05, 0) is 12.1 Å². The van der Waals surface area contributed by atoms with Crippen LogP contribution in [0, 0.1) is 29.1 Å². The van der Waals surface area contributed by atoms with Crippen molar-refractivity contribution in [2.45, 2.75) is 0 Å². The Hall–Kier alpha value is -3.04. The second-order valence-electron chi connectivity index (χ2n) is 4.59. The Bertz CT molecular complexity index is 800.